The number of ketones is 1. The average Bonchev–Trinajstić information content (AvgIpc) is 2.60. The Morgan fingerprint density at radius 3 is 2.64 bits per heavy atom. The van der Waals surface area contributed by atoms with Crippen molar-refractivity contribution in [1.82, 2.24) is 0 Å². The van der Waals surface area contributed by atoms with Crippen molar-refractivity contribution in [3.8, 4) is 0 Å². The maximum absolute atomic E-state index is 11.9. The third-order valence-electron chi connectivity index (χ3n) is 9.13. The van der Waals surface area contributed by atoms with E-state index in [0.717, 1.165) is 37.0 Å². The fraction of sp³-hybridized carbons (Fsp3) is 0.826. The molecule has 4 aliphatic rings. The lowest BCUT2D eigenvalue weighted by Gasteiger charge is -2.62. The maximum Gasteiger partial charge on any atom is 0.155 e. The minimum absolute atomic E-state index is 0.200. The topological polar surface area (TPSA) is 34.1 Å². The number of hydrogen-bond acceptors (Lipinski definition) is 2. The van der Waals surface area contributed by atoms with Crippen molar-refractivity contribution in [3.05, 3.63) is 11.6 Å². The predicted molar refractivity (Wildman–Crippen MR) is 100 cm³/mol. The third-order valence-corrected chi connectivity index (χ3v) is 9.13. The largest absolute Gasteiger partial charge is 0.303 e. The summed E-state index contributed by atoms with van der Waals surface area (Å²) in [7, 11) is 0. The molecule has 3 fully saturated rings. The summed E-state index contributed by atoms with van der Waals surface area (Å²) in [6.45, 7) is 7.11. The molecular formula is C23H34O2. The molecule has 4 rings (SSSR count). The molecule has 0 aliphatic heterocycles. The second kappa shape index (κ2) is 6.06. The fourth-order valence-electron chi connectivity index (χ4n) is 7.76. The predicted octanol–water partition coefficient (Wildman–Crippen LogP) is 5.36. The molecule has 2 nitrogen and oxygen atoms in total. The van der Waals surface area contributed by atoms with Crippen LogP contribution < -0.4 is 0 Å². The summed E-state index contributed by atoms with van der Waals surface area (Å²) < 4.78 is 0. The van der Waals surface area contributed by atoms with Crippen molar-refractivity contribution in [1.29, 1.82) is 0 Å². The summed E-state index contributed by atoms with van der Waals surface area (Å²) >= 11 is 0. The van der Waals surface area contributed by atoms with Gasteiger partial charge in [-0.05, 0) is 85.5 Å². The molecule has 0 bridgehead atoms. The second-order valence-electron chi connectivity index (χ2n) is 10.0. The van der Waals surface area contributed by atoms with Crippen molar-refractivity contribution in [2.24, 2.45) is 40.4 Å². The van der Waals surface area contributed by atoms with Gasteiger partial charge in [-0.2, -0.15) is 0 Å². The summed E-state index contributed by atoms with van der Waals surface area (Å²) in [5.74, 6) is 3.46. The van der Waals surface area contributed by atoms with Crippen LogP contribution in [0.3, 0.4) is 0 Å². The molecular weight excluding hydrogens is 308 g/mol. The first-order valence-corrected chi connectivity index (χ1v) is 10.6. The highest BCUT2D eigenvalue weighted by Gasteiger charge is 2.58. The van der Waals surface area contributed by atoms with Gasteiger partial charge in [-0.15, -0.1) is 0 Å². The zero-order chi connectivity index (χ0) is 17.8. The fourth-order valence-corrected chi connectivity index (χ4v) is 7.76. The molecule has 0 spiro atoms. The smallest absolute Gasteiger partial charge is 0.155 e. The number of hydrogen-bond donors (Lipinski definition) is 0. The van der Waals surface area contributed by atoms with Crippen LogP contribution in [0.1, 0.15) is 78.6 Å². The standard InChI is InChI=1S/C23H34O2/c1-15(14-24)19-5-4-6-20-18-8-7-16-13-17(25)9-11-22(16,2)21(18)10-12-23(19,20)3/h13-15,18-21H,4-12H2,1-3H3/t15-,18?,19-,20?,21?,22+,23-/m1/s1. The first-order valence-electron chi connectivity index (χ1n) is 10.6. The lowest BCUT2D eigenvalue weighted by Crippen LogP contribution is -2.55. The minimum Gasteiger partial charge on any atom is -0.303 e. The molecule has 0 radical (unpaired) electrons. The van der Waals surface area contributed by atoms with Crippen LogP contribution in [0.25, 0.3) is 0 Å². The summed E-state index contributed by atoms with van der Waals surface area (Å²) in [6.07, 6.45) is 13.9. The summed E-state index contributed by atoms with van der Waals surface area (Å²) in [5.41, 5.74) is 2.07. The Morgan fingerprint density at radius 2 is 1.88 bits per heavy atom. The molecule has 138 valence electrons. The van der Waals surface area contributed by atoms with Gasteiger partial charge in [0.25, 0.3) is 0 Å². The molecule has 0 heterocycles. The van der Waals surface area contributed by atoms with E-state index in [9.17, 15) is 9.59 Å². The first-order chi connectivity index (χ1) is 11.9. The van der Waals surface area contributed by atoms with Crippen molar-refractivity contribution in [2.75, 3.05) is 0 Å². The highest BCUT2D eigenvalue weighted by Crippen LogP contribution is 2.66. The average molecular weight is 343 g/mol. The molecule has 25 heavy (non-hydrogen) atoms. The molecule has 0 aromatic heterocycles. The van der Waals surface area contributed by atoms with E-state index in [2.05, 4.69) is 20.8 Å². The van der Waals surface area contributed by atoms with E-state index in [4.69, 9.17) is 0 Å². The first kappa shape index (κ1) is 17.5. The number of carbonyl (C=O) groups excluding carboxylic acids is 2. The van der Waals surface area contributed by atoms with E-state index in [1.54, 1.807) is 0 Å². The number of fused-ring (bicyclic) bond motifs is 5. The van der Waals surface area contributed by atoms with Crippen LogP contribution in [0.2, 0.25) is 0 Å². The Bertz CT molecular complexity index is 605. The van der Waals surface area contributed by atoms with E-state index >= 15 is 0 Å². The van der Waals surface area contributed by atoms with Crippen molar-refractivity contribution < 1.29 is 9.59 Å². The molecule has 2 heteroatoms. The lowest BCUT2D eigenvalue weighted by atomic mass is 9.42. The monoisotopic (exact) mass is 342 g/mol. The zero-order valence-electron chi connectivity index (χ0n) is 16.2. The normalized spacial score (nSPS) is 47.8. The summed E-state index contributed by atoms with van der Waals surface area (Å²) in [5, 5.41) is 0. The van der Waals surface area contributed by atoms with E-state index < -0.39 is 0 Å². The van der Waals surface area contributed by atoms with E-state index in [0.29, 0.717) is 17.1 Å². The Morgan fingerprint density at radius 1 is 1.08 bits per heavy atom. The van der Waals surface area contributed by atoms with Gasteiger partial charge >= 0.3 is 0 Å². The molecule has 0 saturated heterocycles. The van der Waals surface area contributed by atoms with Gasteiger partial charge in [0.15, 0.2) is 5.78 Å². The summed E-state index contributed by atoms with van der Waals surface area (Å²) in [4.78, 5) is 23.5. The van der Waals surface area contributed by atoms with Gasteiger partial charge in [-0.25, -0.2) is 0 Å². The van der Waals surface area contributed by atoms with E-state index in [1.807, 2.05) is 6.08 Å². The molecule has 0 amide bonds. The van der Waals surface area contributed by atoms with Crippen LogP contribution in [-0.4, -0.2) is 12.1 Å². The molecule has 0 aromatic rings. The summed E-state index contributed by atoms with van der Waals surface area (Å²) in [6, 6.07) is 0. The van der Waals surface area contributed by atoms with Crippen LogP contribution in [-0.2, 0) is 9.59 Å². The van der Waals surface area contributed by atoms with Gasteiger partial charge in [-0.1, -0.05) is 32.8 Å². The minimum atomic E-state index is 0.200. The Balaban J connectivity index is 1.66. The molecule has 3 unspecified atom stereocenters. The van der Waals surface area contributed by atoms with Crippen molar-refractivity contribution >= 4 is 12.1 Å². The SMILES string of the molecule is C[C@H](C=O)[C@H]1CCCC2C3CCC4=CC(=O)CC[C@]4(C)C3CC[C@@]21C. The molecule has 3 saturated carbocycles. The zero-order valence-corrected chi connectivity index (χ0v) is 16.2. The van der Waals surface area contributed by atoms with Crippen LogP contribution in [0, 0.1) is 40.4 Å². The van der Waals surface area contributed by atoms with Gasteiger partial charge in [-0.3, -0.25) is 4.79 Å². The number of allylic oxidation sites excluding steroid dienone is 2. The molecule has 0 N–H and O–H groups in total. The number of carbonyl (C=O) groups is 2. The lowest BCUT2D eigenvalue weighted by molar-refractivity contribution is -0.130. The van der Waals surface area contributed by atoms with Gasteiger partial charge in [0.05, 0.1) is 0 Å². The van der Waals surface area contributed by atoms with Crippen molar-refractivity contribution in [3.63, 3.8) is 0 Å². The highest BCUT2D eigenvalue weighted by atomic mass is 16.1. The Kier molecular flexibility index (Phi) is 4.24. The molecule has 7 atom stereocenters. The van der Waals surface area contributed by atoms with Crippen LogP contribution in [0.5, 0.6) is 0 Å². The van der Waals surface area contributed by atoms with Gasteiger partial charge in [0.1, 0.15) is 6.29 Å². The number of rotatable bonds is 2. The maximum atomic E-state index is 11.9. The van der Waals surface area contributed by atoms with E-state index in [-0.39, 0.29) is 11.3 Å². The number of aldehydes is 1. The van der Waals surface area contributed by atoms with Crippen LogP contribution in [0.15, 0.2) is 11.6 Å². The van der Waals surface area contributed by atoms with Gasteiger partial charge < -0.3 is 4.79 Å². The Hall–Kier alpha value is -0.920. The van der Waals surface area contributed by atoms with Crippen molar-refractivity contribution in [2.45, 2.75) is 78.6 Å². The van der Waals surface area contributed by atoms with Gasteiger partial charge in [0.2, 0.25) is 0 Å². The van der Waals surface area contributed by atoms with Crippen LogP contribution in [0.4, 0.5) is 0 Å². The third kappa shape index (κ3) is 2.50. The van der Waals surface area contributed by atoms with Crippen LogP contribution >= 0.6 is 0 Å². The molecule has 0 aromatic carbocycles. The molecule has 4 aliphatic carbocycles. The quantitative estimate of drug-likeness (QED) is 0.633. The van der Waals surface area contributed by atoms with Gasteiger partial charge in [0, 0.05) is 12.3 Å². The Labute approximate surface area is 152 Å². The second-order valence-corrected chi connectivity index (χ2v) is 10.0. The van der Waals surface area contributed by atoms with E-state index in [1.165, 1.54) is 50.4 Å². The highest BCUT2D eigenvalue weighted by molar-refractivity contribution is 5.91.